The van der Waals surface area contributed by atoms with Crippen molar-refractivity contribution in [2.75, 3.05) is 20.1 Å². The predicted octanol–water partition coefficient (Wildman–Crippen LogP) is 5.93. The van der Waals surface area contributed by atoms with Gasteiger partial charge in [0.1, 0.15) is 0 Å². The Morgan fingerprint density at radius 1 is 0.957 bits per heavy atom. The lowest BCUT2D eigenvalue weighted by Gasteiger charge is -2.60. The van der Waals surface area contributed by atoms with E-state index < -0.39 is 0 Å². The van der Waals surface area contributed by atoms with Crippen LogP contribution >= 0.6 is 0 Å². The number of hydrogen-bond donors (Lipinski definition) is 0. The van der Waals surface area contributed by atoms with Crippen molar-refractivity contribution in [2.45, 2.75) is 65.7 Å². The summed E-state index contributed by atoms with van der Waals surface area (Å²) in [6.07, 6.45) is 10.5. The minimum absolute atomic E-state index is 0.866. The third kappa shape index (κ3) is 6.67. The molecule has 23 heavy (non-hydrogen) atoms. The zero-order valence-corrected chi connectivity index (χ0v) is 15.9. The van der Waals surface area contributed by atoms with Crippen LogP contribution in [0.3, 0.4) is 0 Å². The molecule has 0 atom stereocenters. The normalized spacial score (nSPS) is 30.2. The highest BCUT2D eigenvalue weighted by Gasteiger charge is 2.52. The van der Waals surface area contributed by atoms with Crippen LogP contribution in [0.2, 0.25) is 0 Å². The highest BCUT2D eigenvalue weighted by molar-refractivity contribution is 5.11. The predicted molar refractivity (Wildman–Crippen MR) is 102 cm³/mol. The molecular weight excluding hydrogens is 278 g/mol. The van der Waals surface area contributed by atoms with Gasteiger partial charge in [0.25, 0.3) is 0 Å². The lowest BCUT2D eigenvalue weighted by molar-refractivity contribution is -0.0882. The molecule has 5 aliphatic rings. The summed E-state index contributed by atoms with van der Waals surface area (Å²) in [5.41, 5.74) is 2.19. The number of likely N-dealkylation sites (tertiary alicyclic amines) is 1. The van der Waals surface area contributed by atoms with E-state index in [1.165, 1.54) is 50.3 Å². The van der Waals surface area contributed by atoms with Gasteiger partial charge in [-0.2, -0.15) is 0 Å². The van der Waals surface area contributed by atoms with E-state index in [0.717, 1.165) is 11.3 Å². The van der Waals surface area contributed by atoms with Gasteiger partial charge in [-0.25, -0.2) is 0 Å². The van der Waals surface area contributed by atoms with E-state index >= 15 is 0 Å². The standard InChI is InChI=1S/C7H8.C6H10.C5H10.C4H9N/c1-7-5-3-2-4-6-7;1-6-2-5(3-6)4-6;2*1-5-3-2-4-5/h2-6H,1H3;5H,2-4H2,1H3;5H,2-4H2,1H3;2-4H2,1H3. The number of benzene rings is 1. The van der Waals surface area contributed by atoms with Gasteiger partial charge in [-0.1, -0.05) is 69.0 Å². The van der Waals surface area contributed by atoms with Gasteiger partial charge in [0.2, 0.25) is 0 Å². The lowest BCUT2D eigenvalue weighted by atomic mass is 9.46. The fourth-order valence-corrected chi connectivity index (χ4v) is 3.53. The molecule has 1 aromatic carbocycles. The molecule has 1 heteroatoms. The van der Waals surface area contributed by atoms with Crippen LogP contribution in [0.5, 0.6) is 0 Å². The number of aryl methyl sites for hydroxylation is 1. The third-order valence-corrected chi connectivity index (χ3v) is 5.76. The van der Waals surface area contributed by atoms with Crippen molar-refractivity contribution in [3.8, 4) is 0 Å². The van der Waals surface area contributed by atoms with Gasteiger partial charge in [0.05, 0.1) is 0 Å². The van der Waals surface area contributed by atoms with Crippen molar-refractivity contribution >= 4 is 0 Å². The summed E-state index contributed by atoms with van der Waals surface area (Å²) in [4.78, 5) is 2.31. The van der Waals surface area contributed by atoms with E-state index in [9.17, 15) is 0 Å². The molecule has 1 nitrogen and oxygen atoms in total. The zero-order chi connectivity index (χ0) is 16.7. The maximum Gasteiger partial charge on any atom is -0.000959 e. The number of rotatable bonds is 0. The van der Waals surface area contributed by atoms with Crippen LogP contribution in [0.15, 0.2) is 30.3 Å². The summed E-state index contributed by atoms with van der Waals surface area (Å²) in [5.74, 6) is 2.24. The highest BCUT2D eigenvalue weighted by Crippen LogP contribution is 2.63. The second-order valence-corrected chi connectivity index (χ2v) is 8.64. The molecule has 0 unspecified atom stereocenters. The second-order valence-electron chi connectivity index (χ2n) is 8.64. The molecule has 0 aromatic heterocycles. The van der Waals surface area contributed by atoms with Crippen LogP contribution in [0.4, 0.5) is 0 Å². The first-order chi connectivity index (χ1) is 11.0. The summed E-state index contributed by atoms with van der Waals surface area (Å²) >= 11 is 0. The van der Waals surface area contributed by atoms with Crippen molar-refractivity contribution in [3.63, 3.8) is 0 Å². The van der Waals surface area contributed by atoms with Crippen molar-refractivity contribution in [2.24, 2.45) is 17.3 Å². The first-order valence-electron chi connectivity index (χ1n) is 9.67. The average molecular weight is 316 g/mol. The van der Waals surface area contributed by atoms with Gasteiger partial charge in [-0.3, -0.25) is 0 Å². The summed E-state index contributed by atoms with van der Waals surface area (Å²) < 4.78 is 0. The molecule has 0 radical (unpaired) electrons. The van der Waals surface area contributed by atoms with Gasteiger partial charge >= 0.3 is 0 Å². The van der Waals surface area contributed by atoms with Crippen molar-refractivity contribution in [1.29, 1.82) is 0 Å². The fraction of sp³-hybridized carbons (Fsp3) is 0.727. The lowest BCUT2D eigenvalue weighted by Crippen LogP contribution is -2.48. The van der Waals surface area contributed by atoms with Crippen LogP contribution in [0.25, 0.3) is 0 Å². The minimum Gasteiger partial charge on any atom is -0.306 e. The zero-order valence-electron chi connectivity index (χ0n) is 15.9. The van der Waals surface area contributed by atoms with E-state index in [1.54, 1.807) is 19.3 Å². The molecule has 5 fully saturated rings. The number of hydrogen-bond acceptors (Lipinski definition) is 1. The van der Waals surface area contributed by atoms with Crippen LogP contribution < -0.4 is 0 Å². The maximum atomic E-state index is 2.40. The Balaban J connectivity index is 0.000000112. The fourth-order valence-electron chi connectivity index (χ4n) is 3.53. The SMILES string of the molecule is CC12CC(C1)C2.CC1CCC1.CN1CCC1.Cc1ccccc1. The monoisotopic (exact) mass is 315 g/mol. The van der Waals surface area contributed by atoms with Gasteiger partial charge in [-0.05, 0) is 70.0 Å². The Morgan fingerprint density at radius 3 is 1.48 bits per heavy atom. The molecular formula is C22H37N. The molecule has 2 bridgehead atoms. The third-order valence-electron chi connectivity index (χ3n) is 5.76. The first-order valence-corrected chi connectivity index (χ1v) is 9.67. The Labute approximate surface area is 144 Å². The quantitative estimate of drug-likeness (QED) is 0.573. The van der Waals surface area contributed by atoms with E-state index in [1.807, 2.05) is 18.2 Å². The van der Waals surface area contributed by atoms with Crippen molar-refractivity contribution in [3.05, 3.63) is 35.9 Å². The Morgan fingerprint density at radius 2 is 1.39 bits per heavy atom. The van der Waals surface area contributed by atoms with Crippen LogP contribution in [0.1, 0.15) is 64.4 Å². The Hall–Kier alpha value is -0.820. The Bertz CT molecular complexity index is 402. The maximum absolute atomic E-state index is 2.40. The number of nitrogens with zero attached hydrogens (tertiary/aromatic N) is 1. The molecule has 1 aromatic rings. The molecule has 130 valence electrons. The van der Waals surface area contributed by atoms with E-state index in [0.29, 0.717) is 0 Å². The van der Waals surface area contributed by atoms with Crippen LogP contribution in [0, 0.1) is 24.2 Å². The molecule has 1 aliphatic heterocycles. The molecule has 0 spiro atoms. The molecule has 4 saturated carbocycles. The topological polar surface area (TPSA) is 3.24 Å². The smallest absolute Gasteiger partial charge is 0.000959 e. The van der Waals surface area contributed by atoms with Gasteiger partial charge in [0.15, 0.2) is 0 Å². The molecule has 6 rings (SSSR count). The van der Waals surface area contributed by atoms with E-state index in [-0.39, 0.29) is 0 Å². The molecule has 1 saturated heterocycles. The van der Waals surface area contributed by atoms with Gasteiger partial charge in [0, 0.05) is 0 Å². The van der Waals surface area contributed by atoms with Gasteiger partial charge < -0.3 is 4.90 Å². The summed E-state index contributed by atoms with van der Waals surface area (Å²) in [6, 6.07) is 10.3. The van der Waals surface area contributed by atoms with Crippen molar-refractivity contribution in [1.82, 2.24) is 4.90 Å². The van der Waals surface area contributed by atoms with Gasteiger partial charge in [-0.15, -0.1) is 0 Å². The molecule has 4 aliphatic carbocycles. The summed E-state index contributed by atoms with van der Waals surface area (Å²) in [6.45, 7) is 9.43. The van der Waals surface area contributed by atoms with Crippen LogP contribution in [-0.4, -0.2) is 25.0 Å². The van der Waals surface area contributed by atoms with E-state index in [2.05, 4.69) is 44.9 Å². The molecule has 0 amide bonds. The van der Waals surface area contributed by atoms with Crippen molar-refractivity contribution < 1.29 is 0 Å². The summed E-state index contributed by atoms with van der Waals surface area (Å²) in [7, 11) is 2.14. The first kappa shape index (κ1) is 18.5. The molecule has 0 N–H and O–H groups in total. The van der Waals surface area contributed by atoms with E-state index in [4.69, 9.17) is 0 Å². The minimum atomic E-state index is 0.866. The van der Waals surface area contributed by atoms with Crippen LogP contribution in [-0.2, 0) is 0 Å². The average Bonchev–Trinajstić information content (AvgIpc) is 2.42. The molecule has 1 heterocycles. The Kier molecular flexibility index (Phi) is 7.14. The highest BCUT2D eigenvalue weighted by atomic mass is 15.1. The summed E-state index contributed by atoms with van der Waals surface area (Å²) in [5, 5.41) is 0. The largest absolute Gasteiger partial charge is 0.306 e. The second kappa shape index (κ2) is 8.87.